The molecule has 0 saturated carbocycles. The molecule has 1 fully saturated rings. The monoisotopic (exact) mass is 691 g/mol. The summed E-state index contributed by atoms with van der Waals surface area (Å²) >= 11 is 5.88. The summed E-state index contributed by atoms with van der Waals surface area (Å²) in [7, 11) is 0. The number of hydrogen-bond acceptors (Lipinski definition) is 7. The van der Waals surface area contributed by atoms with E-state index >= 15 is 0 Å². The molecule has 2 aliphatic heterocycles. The summed E-state index contributed by atoms with van der Waals surface area (Å²) in [5.74, 6) is 0.779. The Balaban J connectivity index is 0.965. The van der Waals surface area contributed by atoms with E-state index in [2.05, 4.69) is 31.1 Å². The fourth-order valence-electron chi connectivity index (χ4n) is 6.45. The molecular weight excluding hydrogens is 657 g/mol. The van der Waals surface area contributed by atoms with Gasteiger partial charge in [-0.3, -0.25) is 14.8 Å². The van der Waals surface area contributed by atoms with Crippen molar-refractivity contribution in [3.8, 4) is 5.88 Å². The molecule has 1 amide bonds. The summed E-state index contributed by atoms with van der Waals surface area (Å²) in [6.45, 7) is 5.72. The molecule has 2 N–H and O–H groups in total. The Morgan fingerprint density at radius 2 is 2.00 bits per heavy atom. The maximum atomic E-state index is 14.2. The minimum Gasteiger partial charge on any atom is -0.473 e. The summed E-state index contributed by atoms with van der Waals surface area (Å²) in [5, 5.41) is 11.6. The highest BCUT2D eigenvalue weighted by atomic mass is 35.5. The number of imidazole rings is 1. The fraction of sp³-hybridized carbons (Fsp3) is 0.263. The molecule has 10 nitrogen and oxygen atoms in total. The number of nitrogens with one attached hydrogen (secondary N) is 2. The first-order valence-electron chi connectivity index (χ1n) is 16.7. The largest absolute Gasteiger partial charge is 0.473 e. The van der Waals surface area contributed by atoms with Gasteiger partial charge in [-0.25, -0.2) is 14.4 Å². The van der Waals surface area contributed by atoms with Crippen LogP contribution in [0.5, 0.6) is 5.88 Å². The van der Waals surface area contributed by atoms with E-state index in [-0.39, 0.29) is 18.6 Å². The number of hydrogen-bond donors (Lipinski definition) is 2. The van der Waals surface area contributed by atoms with Gasteiger partial charge < -0.3 is 19.4 Å². The van der Waals surface area contributed by atoms with E-state index in [1.54, 1.807) is 18.2 Å². The van der Waals surface area contributed by atoms with Crippen LogP contribution in [-0.4, -0.2) is 61.3 Å². The molecule has 1 unspecified atom stereocenters. The lowest BCUT2D eigenvalue weighted by Crippen LogP contribution is -2.33. The first kappa shape index (κ1) is 32.1. The zero-order valence-electron chi connectivity index (χ0n) is 27.5. The van der Waals surface area contributed by atoms with Crippen molar-refractivity contribution >= 4 is 50.7 Å². The number of rotatable bonds is 10. The number of carbonyl (C=O) groups is 1. The van der Waals surface area contributed by atoms with Crippen molar-refractivity contribution in [2.45, 2.75) is 45.6 Å². The normalized spacial score (nSPS) is 16.4. The van der Waals surface area contributed by atoms with Crippen LogP contribution in [0.3, 0.4) is 0 Å². The minimum absolute atomic E-state index is 0.0628. The second-order valence-corrected chi connectivity index (χ2v) is 13.2. The average Bonchev–Trinajstić information content (AvgIpc) is 3.64. The van der Waals surface area contributed by atoms with Crippen LogP contribution in [0.25, 0.3) is 27.5 Å². The molecule has 12 heteroatoms. The highest BCUT2D eigenvalue weighted by molar-refractivity contribution is 6.30. The van der Waals surface area contributed by atoms with Gasteiger partial charge in [-0.15, -0.1) is 0 Å². The molecule has 3 aromatic carbocycles. The molecule has 1 atom stereocenters. The Morgan fingerprint density at radius 1 is 1.10 bits per heavy atom. The van der Waals surface area contributed by atoms with E-state index in [1.807, 2.05) is 55.5 Å². The van der Waals surface area contributed by atoms with Crippen LogP contribution in [0.2, 0.25) is 5.02 Å². The Kier molecular flexibility index (Phi) is 8.78. The Morgan fingerprint density at radius 3 is 2.80 bits per heavy atom. The Labute approximate surface area is 292 Å². The second kappa shape index (κ2) is 13.7. The molecule has 50 heavy (non-hydrogen) atoms. The summed E-state index contributed by atoms with van der Waals surface area (Å²) in [6, 6.07) is 21.6. The maximum absolute atomic E-state index is 14.2. The lowest BCUT2D eigenvalue weighted by Gasteiger charge is -2.29. The molecule has 0 bridgehead atoms. The van der Waals surface area contributed by atoms with Gasteiger partial charge in [-0.05, 0) is 79.9 Å². The Bertz CT molecular complexity index is 2260. The molecule has 6 aromatic rings. The number of aromatic nitrogens is 5. The SMILES string of the molecule is Cc1[nH]nc2ccc(NC(=O)c3ccc4c(c3)nc(CN3CC=C(c5cccc(OCc6ccc(Cl)cc6F)n5)CC3)n4CC3CCO3)cc12. The quantitative estimate of drug-likeness (QED) is 0.155. The third kappa shape index (κ3) is 6.72. The topological polar surface area (TPSA) is 110 Å². The summed E-state index contributed by atoms with van der Waals surface area (Å²) in [6.07, 6.45) is 4.17. The van der Waals surface area contributed by atoms with Crippen molar-refractivity contribution in [1.29, 1.82) is 0 Å². The molecular formula is C38H35ClFN7O3. The molecule has 2 aliphatic rings. The molecule has 0 aliphatic carbocycles. The number of amides is 1. The number of aryl methyl sites for hydroxylation is 1. The summed E-state index contributed by atoms with van der Waals surface area (Å²) < 4.78 is 28.1. The lowest BCUT2D eigenvalue weighted by molar-refractivity contribution is -0.0591. The number of halogens is 2. The van der Waals surface area contributed by atoms with Crippen molar-refractivity contribution < 1.29 is 18.7 Å². The number of ether oxygens (including phenoxy) is 2. The summed E-state index contributed by atoms with van der Waals surface area (Å²) in [4.78, 5) is 25.4. The van der Waals surface area contributed by atoms with Gasteiger partial charge in [0.15, 0.2) is 0 Å². The first-order chi connectivity index (χ1) is 24.4. The van der Waals surface area contributed by atoms with Gasteiger partial charge in [0.05, 0.1) is 41.4 Å². The average molecular weight is 692 g/mol. The van der Waals surface area contributed by atoms with Crippen LogP contribution in [-0.2, 0) is 24.4 Å². The zero-order chi connectivity index (χ0) is 34.2. The molecule has 0 spiro atoms. The van der Waals surface area contributed by atoms with Gasteiger partial charge in [0.2, 0.25) is 5.88 Å². The van der Waals surface area contributed by atoms with Crippen molar-refractivity contribution in [1.82, 2.24) is 29.6 Å². The number of carbonyl (C=O) groups excluding carboxylic acids is 1. The highest BCUT2D eigenvalue weighted by Crippen LogP contribution is 2.28. The Hall–Kier alpha value is -5.10. The standard InChI is InChI=1S/C38H35ClFN7O3/c1-23-30-19-28(8-9-33(30)45-44-23)41-38(48)25-6-10-35-34(17-25)42-36(47(35)20-29-13-16-49-29)21-46-14-11-24(12-15-46)32-3-2-4-37(43-32)50-22-26-5-7-27(39)18-31(26)40/h2-11,17-19,29H,12-16,20-22H2,1H3,(H,41,48)(H,44,45). The van der Waals surface area contributed by atoms with Gasteiger partial charge in [-0.1, -0.05) is 29.8 Å². The van der Waals surface area contributed by atoms with Crippen LogP contribution >= 0.6 is 11.6 Å². The van der Waals surface area contributed by atoms with Crippen molar-refractivity contribution in [3.63, 3.8) is 0 Å². The van der Waals surface area contributed by atoms with Crippen molar-refractivity contribution in [3.05, 3.63) is 118 Å². The van der Waals surface area contributed by atoms with E-state index in [4.69, 9.17) is 31.0 Å². The predicted octanol–water partition coefficient (Wildman–Crippen LogP) is 7.32. The number of fused-ring (bicyclic) bond motifs is 2. The lowest BCUT2D eigenvalue weighted by atomic mass is 10.0. The number of anilines is 1. The van der Waals surface area contributed by atoms with Crippen LogP contribution in [0, 0.1) is 12.7 Å². The van der Waals surface area contributed by atoms with Gasteiger partial charge >= 0.3 is 0 Å². The van der Waals surface area contributed by atoms with Gasteiger partial charge in [0, 0.05) is 58.7 Å². The third-order valence-corrected chi connectivity index (χ3v) is 9.61. The molecule has 3 aromatic heterocycles. The highest BCUT2D eigenvalue weighted by Gasteiger charge is 2.24. The van der Waals surface area contributed by atoms with Gasteiger partial charge in [0.25, 0.3) is 5.91 Å². The molecule has 1 saturated heterocycles. The summed E-state index contributed by atoms with van der Waals surface area (Å²) in [5.41, 5.74) is 7.22. The minimum atomic E-state index is -0.404. The van der Waals surface area contributed by atoms with E-state index in [0.29, 0.717) is 40.8 Å². The van der Waals surface area contributed by atoms with Crippen LogP contribution in [0.1, 0.15) is 46.0 Å². The molecule has 0 radical (unpaired) electrons. The third-order valence-electron chi connectivity index (χ3n) is 9.37. The number of pyridine rings is 1. The first-order valence-corrected chi connectivity index (χ1v) is 17.1. The molecule has 254 valence electrons. The van der Waals surface area contributed by atoms with E-state index < -0.39 is 5.82 Å². The van der Waals surface area contributed by atoms with Crippen LogP contribution in [0.4, 0.5) is 10.1 Å². The number of aromatic amines is 1. The second-order valence-electron chi connectivity index (χ2n) is 12.8. The smallest absolute Gasteiger partial charge is 0.255 e. The maximum Gasteiger partial charge on any atom is 0.255 e. The molecule has 5 heterocycles. The van der Waals surface area contributed by atoms with Crippen molar-refractivity contribution in [2.75, 3.05) is 25.0 Å². The number of nitrogens with zero attached hydrogens (tertiary/aromatic N) is 5. The predicted molar refractivity (Wildman–Crippen MR) is 191 cm³/mol. The fourth-order valence-corrected chi connectivity index (χ4v) is 6.61. The van der Waals surface area contributed by atoms with Gasteiger partial charge in [0.1, 0.15) is 18.2 Å². The number of H-pyrrole nitrogens is 1. The van der Waals surface area contributed by atoms with Gasteiger partial charge in [-0.2, -0.15) is 5.10 Å². The van der Waals surface area contributed by atoms with Crippen LogP contribution < -0.4 is 10.1 Å². The number of benzene rings is 3. The van der Waals surface area contributed by atoms with E-state index in [0.717, 1.165) is 77.3 Å². The molecule has 8 rings (SSSR count). The van der Waals surface area contributed by atoms with Crippen LogP contribution in [0.15, 0.2) is 78.9 Å². The zero-order valence-corrected chi connectivity index (χ0v) is 28.2. The van der Waals surface area contributed by atoms with Crippen molar-refractivity contribution in [2.24, 2.45) is 0 Å². The van der Waals surface area contributed by atoms with E-state index in [9.17, 15) is 9.18 Å². The van der Waals surface area contributed by atoms with E-state index in [1.165, 1.54) is 6.07 Å².